The fourth-order valence-electron chi connectivity index (χ4n) is 2.07. The number of hydrogen-bond donors (Lipinski definition) is 3. The van der Waals surface area contributed by atoms with E-state index in [4.69, 9.17) is 0 Å². The topological polar surface area (TPSA) is 94.8 Å². The van der Waals surface area contributed by atoms with Crippen molar-refractivity contribution >= 4 is 23.0 Å². The fourth-order valence-corrected chi connectivity index (χ4v) is 2.07. The number of nitrogens with one attached hydrogen (secondary N) is 1. The number of aromatic nitrogens is 1. The zero-order valence-corrected chi connectivity index (χ0v) is 12.0. The number of phenols is 2. The van der Waals surface area contributed by atoms with Crippen molar-refractivity contribution in [3.63, 3.8) is 0 Å². The van der Waals surface area contributed by atoms with Crippen LogP contribution in [0, 0.1) is 0 Å². The Morgan fingerprint density at radius 1 is 1.09 bits per heavy atom. The van der Waals surface area contributed by atoms with E-state index in [0.29, 0.717) is 11.1 Å². The molecule has 1 amide bonds. The van der Waals surface area contributed by atoms with E-state index < -0.39 is 0 Å². The van der Waals surface area contributed by atoms with Gasteiger partial charge in [-0.3, -0.25) is 9.78 Å². The number of carbonyl (C=O) groups is 1. The SMILES string of the molecule is O=C(N/N=C\c1ccc(O)c(O)c1)c1ccc2ncccc2c1. The van der Waals surface area contributed by atoms with Crippen LogP contribution in [-0.2, 0) is 0 Å². The van der Waals surface area contributed by atoms with Crippen molar-refractivity contribution in [2.45, 2.75) is 0 Å². The lowest BCUT2D eigenvalue weighted by molar-refractivity contribution is 0.0955. The van der Waals surface area contributed by atoms with Gasteiger partial charge in [0.1, 0.15) is 0 Å². The Bertz CT molecular complexity index is 906. The molecule has 1 aromatic heterocycles. The van der Waals surface area contributed by atoms with E-state index in [-0.39, 0.29) is 17.4 Å². The van der Waals surface area contributed by atoms with Gasteiger partial charge in [-0.1, -0.05) is 6.07 Å². The van der Waals surface area contributed by atoms with Crippen LogP contribution < -0.4 is 5.43 Å². The highest BCUT2D eigenvalue weighted by atomic mass is 16.3. The van der Waals surface area contributed by atoms with Crippen LogP contribution in [0.25, 0.3) is 10.9 Å². The number of phenolic OH excluding ortho intramolecular Hbond substituents is 2. The van der Waals surface area contributed by atoms with Gasteiger partial charge in [0.25, 0.3) is 5.91 Å². The first-order valence-electron chi connectivity index (χ1n) is 6.84. The highest BCUT2D eigenvalue weighted by Gasteiger charge is 2.05. The first-order chi connectivity index (χ1) is 11.1. The van der Waals surface area contributed by atoms with E-state index in [2.05, 4.69) is 15.5 Å². The van der Waals surface area contributed by atoms with Crippen LogP contribution in [0.2, 0.25) is 0 Å². The third-order valence-electron chi connectivity index (χ3n) is 3.24. The fraction of sp³-hybridized carbons (Fsp3) is 0. The highest BCUT2D eigenvalue weighted by molar-refractivity contribution is 5.98. The highest BCUT2D eigenvalue weighted by Crippen LogP contribution is 2.23. The van der Waals surface area contributed by atoms with E-state index in [9.17, 15) is 15.0 Å². The lowest BCUT2D eigenvalue weighted by Gasteiger charge is -2.02. The van der Waals surface area contributed by atoms with Gasteiger partial charge in [0.05, 0.1) is 11.7 Å². The molecule has 0 atom stereocenters. The molecular formula is C17H13N3O3. The molecule has 2 aromatic carbocycles. The van der Waals surface area contributed by atoms with E-state index in [0.717, 1.165) is 10.9 Å². The largest absolute Gasteiger partial charge is 0.504 e. The van der Waals surface area contributed by atoms with Gasteiger partial charge in [-0.15, -0.1) is 0 Å². The lowest BCUT2D eigenvalue weighted by Crippen LogP contribution is -2.17. The van der Waals surface area contributed by atoms with Gasteiger partial charge >= 0.3 is 0 Å². The summed E-state index contributed by atoms with van der Waals surface area (Å²) in [5.74, 6) is -0.812. The number of hydrogen-bond acceptors (Lipinski definition) is 5. The molecule has 6 nitrogen and oxygen atoms in total. The average molecular weight is 307 g/mol. The van der Waals surface area contributed by atoms with E-state index in [1.807, 2.05) is 6.07 Å². The quantitative estimate of drug-likeness (QED) is 0.393. The maximum absolute atomic E-state index is 12.1. The second-order valence-electron chi connectivity index (χ2n) is 4.86. The van der Waals surface area contributed by atoms with Crippen LogP contribution in [-0.4, -0.2) is 27.3 Å². The molecular weight excluding hydrogens is 294 g/mol. The summed E-state index contributed by atoms with van der Waals surface area (Å²) in [5, 5.41) is 23.3. The Morgan fingerprint density at radius 3 is 2.78 bits per heavy atom. The van der Waals surface area contributed by atoms with Gasteiger partial charge in [-0.05, 0) is 48.0 Å². The Labute approximate surface area is 131 Å². The molecule has 0 bridgehead atoms. The second kappa shape index (κ2) is 6.15. The molecule has 6 heteroatoms. The minimum Gasteiger partial charge on any atom is -0.504 e. The molecule has 1 heterocycles. The third kappa shape index (κ3) is 3.26. The average Bonchev–Trinajstić information content (AvgIpc) is 2.57. The summed E-state index contributed by atoms with van der Waals surface area (Å²) in [7, 11) is 0. The molecule has 3 aromatic rings. The number of rotatable bonds is 3. The molecule has 23 heavy (non-hydrogen) atoms. The van der Waals surface area contributed by atoms with Crippen molar-refractivity contribution in [3.8, 4) is 11.5 Å². The number of aromatic hydroxyl groups is 2. The summed E-state index contributed by atoms with van der Waals surface area (Å²) >= 11 is 0. The standard InChI is InChI=1S/C17H13N3O3/c21-15-6-3-11(8-16(15)22)10-19-20-17(23)13-4-5-14-12(9-13)2-1-7-18-14/h1-10,21-22H,(H,20,23)/b19-10-. The Hall–Kier alpha value is -3.41. The summed E-state index contributed by atoms with van der Waals surface area (Å²) < 4.78 is 0. The maximum atomic E-state index is 12.1. The Balaban J connectivity index is 1.72. The predicted molar refractivity (Wildman–Crippen MR) is 86.6 cm³/mol. The number of amides is 1. The van der Waals surface area contributed by atoms with Gasteiger partial charge in [0, 0.05) is 17.1 Å². The number of fused-ring (bicyclic) bond motifs is 1. The number of nitrogens with zero attached hydrogens (tertiary/aromatic N) is 2. The van der Waals surface area contributed by atoms with Crippen LogP contribution in [0.3, 0.4) is 0 Å². The summed E-state index contributed by atoms with van der Waals surface area (Å²) in [4.78, 5) is 16.3. The van der Waals surface area contributed by atoms with Gasteiger partial charge in [-0.2, -0.15) is 5.10 Å². The molecule has 3 rings (SSSR count). The van der Waals surface area contributed by atoms with Crippen molar-refractivity contribution in [1.29, 1.82) is 0 Å². The monoisotopic (exact) mass is 307 g/mol. The normalized spacial score (nSPS) is 11.0. The zero-order valence-electron chi connectivity index (χ0n) is 12.0. The minimum absolute atomic E-state index is 0.212. The second-order valence-corrected chi connectivity index (χ2v) is 4.86. The Morgan fingerprint density at radius 2 is 1.96 bits per heavy atom. The molecule has 0 aliphatic heterocycles. The van der Waals surface area contributed by atoms with Crippen LogP contribution in [0.15, 0.2) is 59.8 Å². The van der Waals surface area contributed by atoms with Crippen molar-refractivity contribution in [2.24, 2.45) is 5.10 Å². The number of benzene rings is 2. The summed E-state index contributed by atoms with van der Waals surface area (Å²) in [6.45, 7) is 0. The smallest absolute Gasteiger partial charge is 0.271 e. The maximum Gasteiger partial charge on any atom is 0.271 e. The first kappa shape index (κ1) is 14.5. The van der Waals surface area contributed by atoms with Gasteiger partial charge in [0.15, 0.2) is 11.5 Å². The molecule has 0 saturated heterocycles. The molecule has 114 valence electrons. The van der Waals surface area contributed by atoms with Crippen LogP contribution >= 0.6 is 0 Å². The molecule has 0 saturated carbocycles. The van der Waals surface area contributed by atoms with Gasteiger partial charge in [0.2, 0.25) is 0 Å². The van der Waals surface area contributed by atoms with Crippen molar-refractivity contribution in [3.05, 3.63) is 65.9 Å². The van der Waals surface area contributed by atoms with Crippen LogP contribution in [0.5, 0.6) is 11.5 Å². The zero-order chi connectivity index (χ0) is 16.2. The van der Waals surface area contributed by atoms with Crippen LogP contribution in [0.4, 0.5) is 0 Å². The molecule has 0 unspecified atom stereocenters. The van der Waals surface area contributed by atoms with Crippen LogP contribution in [0.1, 0.15) is 15.9 Å². The van der Waals surface area contributed by atoms with Gasteiger partial charge in [-0.25, -0.2) is 5.43 Å². The minimum atomic E-state index is -0.352. The Kier molecular flexibility index (Phi) is 3.88. The van der Waals surface area contributed by atoms with Crippen molar-refractivity contribution in [2.75, 3.05) is 0 Å². The van der Waals surface area contributed by atoms with Crippen molar-refractivity contribution < 1.29 is 15.0 Å². The molecule has 0 spiro atoms. The molecule has 3 N–H and O–H groups in total. The van der Waals surface area contributed by atoms with Gasteiger partial charge < -0.3 is 10.2 Å². The van der Waals surface area contributed by atoms with Crippen molar-refractivity contribution in [1.82, 2.24) is 10.4 Å². The number of pyridine rings is 1. The predicted octanol–water partition coefficient (Wildman–Crippen LogP) is 2.41. The third-order valence-corrected chi connectivity index (χ3v) is 3.24. The lowest BCUT2D eigenvalue weighted by atomic mass is 10.1. The number of carbonyl (C=O) groups excluding carboxylic acids is 1. The molecule has 0 aliphatic rings. The molecule has 0 radical (unpaired) electrons. The molecule has 0 aliphatic carbocycles. The summed E-state index contributed by atoms with van der Waals surface area (Å²) in [6.07, 6.45) is 3.07. The number of hydrazone groups is 1. The van der Waals surface area contributed by atoms with E-state index in [1.54, 1.807) is 36.5 Å². The summed E-state index contributed by atoms with van der Waals surface area (Å²) in [5.41, 5.74) is 4.24. The van der Waals surface area contributed by atoms with E-state index in [1.165, 1.54) is 18.3 Å². The first-order valence-corrected chi connectivity index (χ1v) is 6.84. The summed E-state index contributed by atoms with van der Waals surface area (Å²) in [6, 6.07) is 13.1. The molecule has 0 fully saturated rings. The van der Waals surface area contributed by atoms with E-state index >= 15 is 0 Å².